The molecule has 0 aliphatic heterocycles. The predicted octanol–water partition coefficient (Wildman–Crippen LogP) is 4.21. The fourth-order valence-electron chi connectivity index (χ4n) is 1.82. The van der Waals surface area contributed by atoms with E-state index in [1.54, 1.807) is 0 Å². The first-order chi connectivity index (χ1) is 9.20. The van der Waals surface area contributed by atoms with E-state index in [-0.39, 0.29) is 4.83 Å². The minimum absolute atomic E-state index is 0.255. The highest BCUT2D eigenvalue weighted by atomic mass is 79.9. The molecule has 3 heteroatoms. The van der Waals surface area contributed by atoms with Crippen molar-refractivity contribution in [2.24, 2.45) is 0 Å². The maximum absolute atomic E-state index is 10.7. The van der Waals surface area contributed by atoms with E-state index in [0.717, 1.165) is 28.7 Å². The van der Waals surface area contributed by atoms with Gasteiger partial charge in [-0.05, 0) is 29.7 Å². The molecule has 2 rings (SSSR count). The third kappa shape index (κ3) is 3.67. The summed E-state index contributed by atoms with van der Waals surface area (Å²) in [5.41, 5.74) is 3.11. The van der Waals surface area contributed by atoms with Crippen LogP contribution in [-0.4, -0.2) is 6.29 Å². The summed E-state index contributed by atoms with van der Waals surface area (Å²) in [6.45, 7) is 2.53. The van der Waals surface area contributed by atoms with E-state index in [1.807, 2.05) is 55.5 Å². The summed E-state index contributed by atoms with van der Waals surface area (Å²) in [6.07, 6.45) is 0.874. The van der Waals surface area contributed by atoms with Gasteiger partial charge in [0, 0.05) is 0 Å². The average molecular weight is 319 g/mol. The molecule has 98 valence electrons. The van der Waals surface area contributed by atoms with E-state index in [2.05, 4.69) is 15.9 Å². The Kier molecular flexibility index (Phi) is 4.74. The van der Waals surface area contributed by atoms with Crippen molar-refractivity contribution in [3.8, 4) is 5.75 Å². The van der Waals surface area contributed by atoms with Crippen molar-refractivity contribution in [2.75, 3.05) is 0 Å². The summed E-state index contributed by atoms with van der Waals surface area (Å²) in [6, 6.07) is 15.8. The van der Waals surface area contributed by atoms with E-state index >= 15 is 0 Å². The smallest absolute Gasteiger partial charge is 0.138 e. The lowest BCUT2D eigenvalue weighted by Gasteiger charge is -2.11. The number of benzene rings is 2. The van der Waals surface area contributed by atoms with E-state index in [1.165, 1.54) is 0 Å². The Morgan fingerprint density at radius 3 is 2.58 bits per heavy atom. The topological polar surface area (TPSA) is 26.3 Å². The minimum atomic E-state index is -0.255. The van der Waals surface area contributed by atoms with Gasteiger partial charge < -0.3 is 9.53 Å². The number of carbonyl (C=O) groups excluding carboxylic acids is 1. The minimum Gasteiger partial charge on any atom is -0.489 e. The highest BCUT2D eigenvalue weighted by Crippen LogP contribution is 2.26. The first-order valence-electron chi connectivity index (χ1n) is 6.07. The molecule has 0 bridgehead atoms. The van der Waals surface area contributed by atoms with Crippen molar-refractivity contribution in [3.63, 3.8) is 0 Å². The molecule has 2 nitrogen and oxygen atoms in total. The zero-order valence-electron chi connectivity index (χ0n) is 10.7. The van der Waals surface area contributed by atoms with E-state index in [0.29, 0.717) is 6.61 Å². The molecule has 0 amide bonds. The number of hydrogen-bond acceptors (Lipinski definition) is 2. The molecule has 2 aromatic rings. The number of aryl methyl sites for hydroxylation is 1. The summed E-state index contributed by atoms with van der Waals surface area (Å²) in [4.78, 5) is 10.5. The normalized spacial score (nSPS) is 11.9. The van der Waals surface area contributed by atoms with E-state index in [4.69, 9.17) is 4.74 Å². The van der Waals surface area contributed by atoms with Crippen molar-refractivity contribution >= 4 is 22.2 Å². The van der Waals surface area contributed by atoms with Gasteiger partial charge in [-0.3, -0.25) is 0 Å². The van der Waals surface area contributed by atoms with Gasteiger partial charge in [0.2, 0.25) is 0 Å². The summed E-state index contributed by atoms with van der Waals surface area (Å²) in [5, 5.41) is 0. The molecule has 0 N–H and O–H groups in total. The fourth-order valence-corrected chi connectivity index (χ4v) is 2.10. The van der Waals surface area contributed by atoms with Crippen LogP contribution in [0.3, 0.4) is 0 Å². The highest BCUT2D eigenvalue weighted by molar-refractivity contribution is 9.09. The lowest BCUT2D eigenvalue weighted by Crippen LogP contribution is -1.98. The molecule has 0 heterocycles. The van der Waals surface area contributed by atoms with Gasteiger partial charge in [-0.2, -0.15) is 0 Å². The van der Waals surface area contributed by atoms with E-state index in [9.17, 15) is 4.79 Å². The third-order valence-electron chi connectivity index (χ3n) is 2.87. The van der Waals surface area contributed by atoms with Crippen molar-refractivity contribution in [2.45, 2.75) is 18.4 Å². The molecule has 0 aliphatic carbocycles. The van der Waals surface area contributed by atoms with Crippen LogP contribution in [0.2, 0.25) is 0 Å². The molecular formula is C16H15BrO2. The third-order valence-corrected chi connectivity index (χ3v) is 3.62. The van der Waals surface area contributed by atoms with Gasteiger partial charge >= 0.3 is 0 Å². The number of ether oxygens (including phenoxy) is 1. The molecule has 1 atom stereocenters. The Hall–Kier alpha value is -1.61. The Balaban J connectivity index is 2.07. The molecule has 0 spiro atoms. The number of aldehydes is 1. The highest BCUT2D eigenvalue weighted by Gasteiger charge is 2.08. The largest absolute Gasteiger partial charge is 0.489 e. The van der Waals surface area contributed by atoms with Crippen LogP contribution in [0.4, 0.5) is 0 Å². The Bertz CT molecular complexity index is 552. The second kappa shape index (κ2) is 6.53. The van der Waals surface area contributed by atoms with Crippen LogP contribution in [0.1, 0.15) is 21.5 Å². The standard InChI is InChI=1S/C16H15BrO2/c1-12-9-14(15(17)10-18)7-8-16(12)19-11-13-5-3-2-4-6-13/h2-10,15H,11H2,1H3. The van der Waals surface area contributed by atoms with Crippen LogP contribution in [0.5, 0.6) is 5.75 Å². The van der Waals surface area contributed by atoms with Gasteiger partial charge in [-0.25, -0.2) is 0 Å². The average Bonchev–Trinajstić information content (AvgIpc) is 2.46. The van der Waals surface area contributed by atoms with Crippen LogP contribution in [0.15, 0.2) is 48.5 Å². The lowest BCUT2D eigenvalue weighted by atomic mass is 10.1. The van der Waals surface area contributed by atoms with Crippen LogP contribution in [-0.2, 0) is 11.4 Å². The molecule has 1 unspecified atom stereocenters. The second-order valence-electron chi connectivity index (χ2n) is 4.34. The zero-order chi connectivity index (χ0) is 13.7. The van der Waals surface area contributed by atoms with Gasteiger partial charge in [-0.15, -0.1) is 0 Å². The van der Waals surface area contributed by atoms with Gasteiger partial charge in [0.15, 0.2) is 0 Å². The van der Waals surface area contributed by atoms with Crippen molar-refractivity contribution in [1.29, 1.82) is 0 Å². The van der Waals surface area contributed by atoms with Crippen molar-refractivity contribution < 1.29 is 9.53 Å². The molecular weight excluding hydrogens is 304 g/mol. The van der Waals surface area contributed by atoms with Crippen molar-refractivity contribution in [1.82, 2.24) is 0 Å². The first kappa shape index (κ1) is 13.8. The second-order valence-corrected chi connectivity index (χ2v) is 5.32. The van der Waals surface area contributed by atoms with E-state index < -0.39 is 0 Å². The zero-order valence-corrected chi connectivity index (χ0v) is 12.3. The predicted molar refractivity (Wildman–Crippen MR) is 79.7 cm³/mol. The Morgan fingerprint density at radius 1 is 1.21 bits per heavy atom. The molecule has 0 radical (unpaired) electrons. The monoisotopic (exact) mass is 318 g/mol. The van der Waals surface area contributed by atoms with Crippen LogP contribution >= 0.6 is 15.9 Å². The number of rotatable bonds is 5. The summed E-state index contributed by atoms with van der Waals surface area (Å²) in [7, 11) is 0. The van der Waals surface area contributed by atoms with Crippen LogP contribution in [0, 0.1) is 6.92 Å². The van der Waals surface area contributed by atoms with Gasteiger partial charge in [0.05, 0.1) is 4.83 Å². The molecule has 0 aromatic heterocycles. The van der Waals surface area contributed by atoms with Gasteiger partial charge in [0.25, 0.3) is 0 Å². The number of alkyl halides is 1. The summed E-state index contributed by atoms with van der Waals surface area (Å²) >= 11 is 3.31. The summed E-state index contributed by atoms with van der Waals surface area (Å²) < 4.78 is 5.79. The molecule has 0 saturated heterocycles. The SMILES string of the molecule is Cc1cc(C(Br)C=O)ccc1OCc1ccccc1. The molecule has 2 aromatic carbocycles. The Morgan fingerprint density at radius 2 is 1.95 bits per heavy atom. The number of hydrogen-bond donors (Lipinski definition) is 0. The van der Waals surface area contributed by atoms with Crippen LogP contribution < -0.4 is 4.74 Å². The molecule has 19 heavy (non-hydrogen) atoms. The lowest BCUT2D eigenvalue weighted by molar-refractivity contribution is -0.107. The Labute approximate surface area is 121 Å². The van der Waals surface area contributed by atoms with Gasteiger partial charge in [0.1, 0.15) is 18.6 Å². The number of carbonyl (C=O) groups is 1. The maximum atomic E-state index is 10.7. The number of halogens is 1. The summed E-state index contributed by atoms with van der Waals surface area (Å²) in [5.74, 6) is 0.846. The first-order valence-corrected chi connectivity index (χ1v) is 6.99. The van der Waals surface area contributed by atoms with Crippen LogP contribution in [0.25, 0.3) is 0 Å². The quantitative estimate of drug-likeness (QED) is 0.609. The van der Waals surface area contributed by atoms with Crippen molar-refractivity contribution in [3.05, 3.63) is 65.2 Å². The maximum Gasteiger partial charge on any atom is 0.138 e. The molecule has 0 fully saturated rings. The molecule has 0 aliphatic rings. The fraction of sp³-hybridized carbons (Fsp3) is 0.188. The van der Waals surface area contributed by atoms with Gasteiger partial charge in [-0.1, -0.05) is 58.4 Å². The molecule has 0 saturated carbocycles.